The number of hydrogen-bond donors (Lipinski definition) is 3. The van der Waals surface area contributed by atoms with Crippen LogP contribution in [0.3, 0.4) is 0 Å². The summed E-state index contributed by atoms with van der Waals surface area (Å²) in [5.41, 5.74) is 5.78. The lowest BCUT2D eigenvalue weighted by Gasteiger charge is -2.20. The first-order valence-corrected chi connectivity index (χ1v) is 10.2. The third kappa shape index (κ3) is 5.78. The van der Waals surface area contributed by atoms with Crippen molar-refractivity contribution in [2.45, 2.75) is 26.8 Å². The monoisotopic (exact) mass is 411 g/mol. The van der Waals surface area contributed by atoms with Crippen molar-refractivity contribution in [1.29, 1.82) is 0 Å². The molecule has 0 aliphatic rings. The summed E-state index contributed by atoms with van der Waals surface area (Å²) in [7, 11) is -3.89. The van der Waals surface area contributed by atoms with Gasteiger partial charge in [-0.05, 0) is 25.0 Å². The number of primary amides is 1. The zero-order chi connectivity index (χ0) is 21.1. The first-order chi connectivity index (χ1) is 13.0. The number of carbonyl (C=O) groups is 1. The molecule has 28 heavy (non-hydrogen) atoms. The average Bonchev–Trinajstić information content (AvgIpc) is 2.56. The first kappa shape index (κ1) is 21.4. The van der Waals surface area contributed by atoms with Gasteiger partial charge in [-0.15, -0.1) is 0 Å². The number of nitrogens with one attached hydrogen (secondary N) is 2. The molecule has 0 fully saturated rings. The highest BCUT2D eigenvalue weighted by atomic mass is 32.2. The second-order valence-electron chi connectivity index (χ2n) is 6.55. The molecule has 0 saturated heterocycles. The lowest BCUT2D eigenvalue weighted by atomic mass is 10.1. The molecule has 0 saturated carbocycles. The molecule has 0 unspecified atom stereocenters. The fourth-order valence-corrected chi connectivity index (χ4v) is 2.51. The second kappa shape index (κ2) is 8.38. The van der Waals surface area contributed by atoms with E-state index in [0.717, 1.165) is 18.4 Å². The van der Waals surface area contributed by atoms with Gasteiger partial charge in [0.25, 0.3) is 5.91 Å². The molecule has 0 aliphatic heterocycles. The van der Waals surface area contributed by atoms with Gasteiger partial charge < -0.3 is 20.6 Å². The van der Waals surface area contributed by atoms with Crippen molar-refractivity contribution in [3.05, 3.63) is 35.8 Å². The smallest absolute Gasteiger partial charge is 0.306 e. The highest BCUT2D eigenvalue weighted by Gasteiger charge is 2.17. The number of nitrogens with zero attached hydrogens (tertiary/aromatic N) is 2. The maximum atomic E-state index is 13.8. The summed E-state index contributed by atoms with van der Waals surface area (Å²) in [5, 5.41) is 5.92. The Balaban J connectivity index is 2.33. The Bertz CT molecular complexity index is 982. The number of amides is 1. The van der Waals surface area contributed by atoms with Crippen molar-refractivity contribution in [1.82, 2.24) is 9.97 Å². The molecule has 2 aromatic rings. The lowest BCUT2D eigenvalue weighted by Crippen LogP contribution is -2.25. The van der Waals surface area contributed by atoms with Crippen LogP contribution in [0.25, 0.3) is 0 Å². The number of hydrogen-bond acceptors (Lipinski definition) is 8. The van der Waals surface area contributed by atoms with Gasteiger partial charge in [0.2, 0.25) is 5.95 Å². The van der Waals surface area contributed by atoms with E-state index in [-0.39, 0.29) is 35.0 Å². The number of benzene rings is 1. The molecule has 2 rings (SSSR count). The van der Waals surface area contributed by atoms with E-state index in [1.807, 2.05) is 20.8 Å². The zero-order valence-corrected chi connectivity index (χ0v) is 16.7. The molecule has 152 valence electrons. The molecule has 0 bridgehead atoms. The van der Waals surface area contributed by atoms with E-state index >= 15 is 0 Å². The van der Waals surface area contributed by atoms with Crippen LogP contribution in [-0.2, 0) is 10.1 Å². The Morgan fingerprint density at radius 2 is 1.96 bits per heavy atom. The minimum Gasteiger partial charge on any atom is -0.379 e. The summed E-state index contributed by atoms with van der Waals surface area (Å²) >= 11 is 0. The molecule has 0 spiro atoms. The van der Waals surface area contributed by atoms with E-state index in [1.165, 1.54) is 12.3 Å². The molecule has 4 N–H and O–H groups in total. The highest BCUT2D eigenvalue weighted by Crippen LogP contribution is 2.25. The van der Waals surface area contributed by atoms with Crippen LogP contribution in [0.4, 0.5) is 21.8 Å². The van der Waals surface area contributed by atoms with Gasteiger partial charge in [0.1, 0.15) is 5.82 Å². The SMILES string of the molecule is CC(C)[C@@H](C)Nc1nc(Nc2ccc(F)c(OS(C)(=O)=O)c2)ncc1C(N)=O. The van der Waals surface area contributed by atoms with Crippen LogP contribution in [0, 0.1) is 11.7 Å². The molecule has 1 heterocycles. The van der Waals surface area contributed by atoms with Crippen molar-refractivity contribution in [2.24, 2.45) is 11.7 Å². The number of rotatable bonds is 8. The fourth-order valence-electron chi connectivity index (χ4n) is 2.05. The number of anilines is 3. The highest BCUT2D eigenvalue weighted by molar-refractivity contribution is 7.86. The maximum Gasteiger partial charge on any atom is 0.306 e. The summed E-state index contributed by atoms with van der Waals surface area (Å²) < 4.78 is 40.8. The Labute approximate surface area is 162 Å². The van der Waals surface area contributed by atoms with Gasteiger partial charge in [0, 0.05) is 24.0 Å². The van der Waals surface area contributed by atoms with Crippen LogP contribution >= 0.6 is 0 Å². The van der Waals surface area contributed by atoms with Crippen molar-refractivity contribution >= 4 is 33.5 Å². The van der Waals surface area contributed by atoms with Gasteiger partial charge in [0.05, 0.1) is 11.8 Å². The van der Waals surface area contributed by atoms with Gasteiger partial charge in [-0.1, -0.05) is 13.8 Å². The minimum absolute atomic E-state index is 0.00133. The average molecular weight is 411 g/mol. The van der Waals surface area contributed by atoms with Crippen molar-refractivity contribution in [2.75, 3.05) is 16.9 Å². The van der Waals surface area contributed by atoms with Crippen LogP contribution in [0.2, 0.25) is 0 Å². The molecule has 1 aromatic carbocycles. The van der Waals surface area contributed by atoms with Crippen molar-refractivity contribution in [3.63, 3.8) is 0 Å². The van der Waals surface area contributed by atoms with E-state index in [9.17, 15) is 17.6 Å². The van der Waals surface area contributed by atoms with Crippen LogP contribution in [0.15, 0.2) is 24.4 Å². The number of halogens is 1. The molecule has 9 nitrogen and oxygen atoms in total. The lowest BCUT2D eigenvalue weighted by molar-refractivity contribution is 0.100. The predicted molar refractivity (Wildman–Crippen MR) is 104 cm³/mol. The summed E-state index contributed by atoms with van der Waals surface area (Å²) in [4.78, 5) is 19.9. The van der Waals surface area contributed by atoms with Crippen molar-refractivity contribution < 1.29 is 21.8 Å². The van der Waals surface area contributed by atoms with E-state index in [0.29, 0.717) is 0 Å². The van der Waals surface area contributed by atoms with E-state index < -0.39 is 27.6 Å². The number of carbonyl (C=O) groups excluding carboxylic acids is 1. The largest absolute Gasteiger partial charge is 0.379 e. The fraction of sp³-hybridized carbons (Fsp3) is 0.353. The van der Waals surface area contributed by atoms with Crippen LogP contribution in [0.5, 0.6) is 5.75 Å². The molecule has 0 radical (unpaired) electrons. The van der Waals surface area contributed by atoms with Crippen LogP contribution in [-0.4, -0.2) is 36.6 Å². The zero-order valence-electron chi connectivity index (χ0n) is 15.9. The standard InChI is InChI=1S/C17H22FN5O4S/c1-9(2)10(3)21-16-12(15(19)24)8-20-17(23-16)22-11-5-6-13(18)14(7-11)27-28(4,25)26/h5-10H,1-4H3,(H2,19,24)(H2,20,21,22,23)/t10-/m1/s1. The summed E-state index contributed by atoms with van der Waals surface area (Å²) in [5.74, 6) is -1.38. The third-order valence-corrected chi connectivity index (χ3v) is 4.33. The molecular formula is C17H22FN5O4S. The first-order valence-electron chi connectivity index (χ1n) is 8.35. The Kier molecular flexibility index (Phi) is 6.39. The molecule has 1 aromatic heterocycles. The predicted octanol–water partition coefficient (Wildman–Crippen LogP) is 2.25. The summed E-state index contributed by atoms with van der Waals surface area (Å²) in [6.07, 6.45) is 2.08. The second-order valence-corrected chi connectivity index (χ2v) is 8.13. The van der Waals surface area contributed by atoms with E-state index in [4.69, 9.17) is 5.73 Å². The maximum absolute atomic E-state index is 13.8. The number of nitrogens with two attached hydrogens (primary N) is 1. The van der Waals surface area contributed by atoms with E-state index in [2.05, 4.69) is 24.8 Å². The normalized spacial score (nSPS) is 12.5. The third-order valence-electron chi connectivity index (χ3n) is 3.85. The van der Waals surface area contributed by atoms with Crippen LogP contribution < -0.4 is 20.6 Å². The van der Waals surface area contributed by atoms with Gasteiger partial charge in [-0.3, -0.25) is 4.79 Å². The van der Waals surface area contributed by atoms with E-state index in [1.54, 1.807) is 0 Å². The molecular weight excluding hydrogens is 389 g/mol. The van der Waals surface area contributed by atoms with Gasteiger partial charge >= 0.3 is 10.1 Å². The molecule has 0 aliphatic carbocycles. The summed E-state index contributed by atoms with van der Waals surface area (Å²) in [6, 6.07) is 3.56. The molecule has 1 amide bonds. The minimum atomic E-state index is -3.89. The topological polar surface area (TPSA) is 136 Å². The van der Waals surface area contributed by atoms with Gasteiger partial charge in [-0.2, -0.15) is 13.4 Å². The molecule has 1 atom stereocenters. The Morgan fingerprint density at radius 3 is 2.54 bits per heavy atom. The number of aromatic nitrogens is 2. The van der Waals surface area contributed by atoms with Gasteiger partial charge in [-0.25, -0.2) is 9.37 Å². The van der Waals surface area contributed by atoms with Crippen LogP contribution in [0.1, 0.15) is 31.1 Å². The van der Waals surface area contributed by atoms with Gasteiger partial charge in [0.15, 0.2) is 11.6 Å². The quantitative estimate of drug-likeness (QED) is 0.563. The Hall–Kier alpha value is -2.95. The van der Waals surface area contributed by atoms with Crippen molar-refractivity contribution in [3.8, 4) is 5.75 Å². The molecule has 11 heteroatoms. The summed E-state index contributed by atoms with van der Waals surface area (Å²) in [6.45, 7) is 5.94. The Morgan fingerprint density at radius 1 is 1.29 bits per heavy atom.